The summed E-state index contributed by atoms with van der Waals surface area (Å²) in [7, 11) is 0. The quantitative estimate of drug-likeness (QED) is 0.931. The highest BCUT2D eigenvalue weighted by molar-refractivity contribution is 5.55. The van der Waals surface area contributed by atoms with Crippen molar-refractivity contribution in [1.29, 1.82) is 0 Å². The van der Waals surface area contributed by atoms with Crippen LogP contribution >= 0.6 is 0 Å². The molecule has 0 aliphatic rings. The maximum absolute atomic E-state index is 12.6. The number of hydrogen-bond donors (Lipinski definition) is 1. The molecule has 102 valence electrons. The van der Waals surface area contributed by atoms with Gasteiger partial charge in [0.2, 0.25) is 11.7 Å². The van der Waals surface area contributed by atoms with Crippen LogP contribution in [-0.2, 0) is 6.18 Å². The fourth-order valence-electron chi connectivity index (χ4n) is 1.51. The fraction of sp³-hybridized carbons (Fsp3) is 0.333. The molecule has 1 aromatic heterocycles. The van der Waals surface area contributed by atoms with E-state index in [1.807, 2.05) is 6.92 Å². The molecular formula is C12H12F3N3O. The second kappa shape index (κ2) is 5.00. The van der Waals surface area contributed by atoms with Gasteiger partial charge >= 0.3 is 6.18 Å². The van der Waals surface area contributed by atoms with Gasteiger partial charge in [0.1, 0.15) is 0 Å². The number of rotatable bonds is 3. The third-order valence-corrected chi connectivity index (χ3v) is 2.65. The van der Waals surface area contributed by atoms with Gasteiger partial charge in [-0.1, -0.05) is 24.2 Å². The van der Waals surface area contributed by atoms with E-state index in [0.29, 0.717) is 6.42 Å². The molecule has 0 radical (unpaired) electrons. The molecule has 1 aromatic carbocycles. The predicted molar refractivity (Wildman–Crippen MR) is 62.0 cm³/mol. The van der Waals surface area contributed by atoms with Crippen molar-refractivity contribution in [2.45, 2.75) is 25.6 Å². The molecule has 4 nitrogen and oxygen atoms in total. The summed E-state index contributed by atoms with van der Waals surface area (Å²) in [6.07, 6.45) is -3.80. The molecule has 0 amide bonds. The average molecular weight is 271 g/mol. The van der Waals surface area contributed by atoms with Gasteiger partial charge in [-0.25, -0.2) is 0 Å². The Morgan fingerprint density at radius 1 is 1.37 bits per heavy atom. The average Bonchev–Trinajstić information content (AvgIpc) is 2.86. The van der Waals surface area contributed by atoms with Gasteiger partial charge in [0.15, 0.2) is 0 Å². The molecule has 1 atom stereocenters. The van der Waals surface area contributed by atoms with Gasteiger partial charge in [0.25, 0.3) is 0 Å². The summed E-state index contributed by atoms with van der Waals surface area (Å²) < 4.78 is 42.7. The number of benzene rings is 1. The molecule has 1 heterocycles. The summed E-state index contributed by atoms with van der Waals surface area (Å²) in [5.41, 5.74) is 5.20. The highest BCUT2D eigenvalue weighted by Gasteiger charge is 2.30. The number of nitrogens with two attached hydrogens (primary N) is 1. The van der Waals surface area contributed by atoms with Gasteiger partial charge < -0.3 is 10.3 Å². The summed E-state index contributed by atoms with van der Waals surface area (Å²) in [5.74, 6) is 0.319. The van der Waals surface area contributed by atoms with Crippen LogP contribution in [0.15, 0.2) is 28.8 Å². The van der Waals surface area contributed by atoms with Crippen molar-refractivity contribution in [2.75, 3.05) is 0 Å². The van der Waals surface area contributed by atoms with E-state index >= 15 is 0 Å². The van der Waals surface area contributed by atoms with Crippen LogP contribution in [0.3, 0.4) is 0 Å². The Bertz CT molecular complexity index is 565. The van der Waals surface area contributed by atoms with Crippen molar-refractivity contribution in [3.8, 4) is 11.4 Å². The van der Waals surface area contributed by atoms with Gasteiger partial charge in [-0.15, -0.1) is 0 Å². The Morgan fingerprint density at radius 2 is 2.11 bits per heavy atom. The van der Waals surface area contributed by atoms with E-state index in [-0.39, 0.29) is 17.3 Å². The summed E-state index contributed by atoms with van der Waals surface area (Å²) in [6.45, 7) is 1.85. The number of aromatic nitrogens is 2. The smallest absolute Gasteiger partial charge is 0.337 e. The lowest BCUT2D eigenvalue weighted by atomic mass is 10.1. The number of hydrogen-bond acceptors (Lipinski definition) is 4. The van der Waals surface area contributed by atoms with Crippen LogP contribution in [0.4, 0.5) is 13.2 Å². The Hall–Kier alpha value is -1.89. The van der Waals surface area contributed by atoms with Crippen molar-refractivity contribution >= 4 is 0 Å². The molecule has 0 saturated carbocycles. The summed E-state index contributed by atoms with van der Waals surface area (Å²) in [4.78, 5) is 4.00. The number of nitrogens with zero attached hydrogens (tertiary/aromatic N) is 2. The van der Waals surface area contributed by atoms with E-state index in [1.54, 1.807) is 0 Å². The van der Waals surface area contributed by atoms with Crippen LogP contribution in [0.5, 0.6) is 0 Å². The number of alkyl halides is 3. The lowest BCUT2D eigenvalue weighted by Crippen LogP contribution is -2.08. The van der Waals surface area contributed by atoms with Gasteiger partial charge in [0.05, 0.1) is 11.6 Å². The van der Waals surface area contributed by atoms with Crippen LogP contribution in [0.2, 0.25) is 0 Å². The molecule has 0 fully saturated rings. The SMILES string of the molecule is CCC(N)c1nc(-c2cccc(C(F)(F)F)c2)no1. The monoisotopic (exact) mass is 271 g/mol. The minimum atomic E-state index is -4.40. The van der Waals surface area contributed by atoms with E-state index in [9.17, 15) is 13.2 Å². The second-order valence-corrected chi connectivity index (χ2v) is 4.05. The third-order valence-electron chi connectivity index (χ3n) is 2.65. The van der Waals surface area contributed by atoms with Crippen molar-refractivity contribution < 1.29 is 17.7 Å². The fourth-order valence-corrected chi connectivity index (χ4v) is 1.51. The Morgan fingerprint density at radius 3 is 2.74 bits per heavy atom. The molecule has 2 aromatic rings. The van der Waals surface area contributed by atoms with E-state index < -0.39 is 17.8 Å². The molecule has 2 rings (SSSR count). The molecule has 7 heteroatoms. The van der Waals surface area contributed by atoms with Crippen molar-refractivity contribution in [3.05, 3.63) is 35.7 Å². The third kappa shape index (κ3) is 2.93. The standard InChI is InChI=1S/C12H12F3N3O/c1-2-9(16)11-17-10(18-19-11)7-4-3-5-8(6-7)12(13,14)15/h3-6,9H,2,16H2,1H3. The molecule has 2 N–H and O–H groups in total. The Labute approximate surface area is 107 Å². The molecule has 0 spiro atoms. The normalized spacial score (nSPS) is 13.5. The maximum Gasteiger partial charge on any atom is 0.416 e. The minimum absolute atomic E-state index is 0.102. The van der Waals surface area contributed by atoms with E-state index in [2.05, 4.69) is 10.1 Å². The summed E-state index contributed by atoms with van der Waals surface area (Å²) in [5, 5.41) is 3.65. The molecule has 0 saturated heterocycles. The van der Waals surface area contributed by atoms with Gasteiger partial charge in [-0.2, -0.15) is 18.2 Å². The first-order valence-corrected chi connectivity index (χ1v) is 5.68. The zero-order valence-corrected chi connectivity index (χ0v) is 10.1. The summed E-state index contributed by atoms with van der Waals surface area (Å²) in [6, 6.07) is 4.34. The molecular weight excluding hydrogens is 259 g/mol. The first-order chi connectivity index (χ1) is 8.91. The topological polar surface area (TPSA) is 64.9 Å². The van der Waals surface area contributed by atoms with Gasteiger partial charge in [0, 0.05) is 5.56 Å². The predicted octanol–water partition coefficient (Wildman–Crippen LogP) is 3.17. The van der Waals surface area contributed by atoms with E-state index in [0.717, 1.165) is 12.1 Å². The first kappa shape index (κ1) is 13.5. The summed E-state index contributed by atoms with van der Waals surface area (Å²) >= 11 is 0. The first-order valence-electron chi connectivity index (χ1n) is 5.68. The number of halogens is 3. The van der Waals surface area contributed by atoms with Gasteiger partial charge in [-0.3, -0.25) is 0 Å². The minimum Gasteiger partial charge on any atom is -0.337 e. The lowest BCUT2D eigenvalue weighted by molar-refractivity contribution is -0.137. The van der Waals surface area contributed by atoms with Crippen LogP contribution in [-0.4, -0.2) is 10.1 Å². The molecule has 0 bridgehead atoms. The van der Waals surface area contributed by atoms with Crippen LogP contribution in [0.25, 0.3) is 11.4 Å². The second-order valence-electron chi connectivity index (χ2n) is 4.05. The maximum atomic E-state index is 12.6. The van der Waals surface area contributed by atoms with Crippen molar-refractivity contribution in [2.24, 2.45) is 5.73 Å². The van der Waals surface area contributed by atoms with Crippen molar-refractivity contribution in [3.63, 3.8) is 0 Å². The van der Waals surface area contributed by atoms with Crippen LogP contribution in [0.1, 0.15) is 30.8 Å². The van der Waals surface area contributed by atoms with E-state index in [1.165, 1.54) is 12.1 Å². The lowest BCUT2D eigenvalue weighted by Gasteiger charge is -2.06. The van der Waals surface area contributed by atoms with Crippen LogP contribution < -0.4 is 5.73 Å². The van der Waals surface area contributed by atoms with E-state index in [4.69, 9.17) is 10.3 Å². The van der Waals surface area contributed by atoms with Crippen molar-refractivity contribution in [1.82, 2.24) is 10.1 Å². The highest BCUT2D eigenvalue weighted by Crippen LogP contribution is 2.31. The largest absolute Gasteiger partial charge is 0.416 e. The Balaban J connectivity index is 2.34. The van der Waals surface area contributed by atoms with Gasteiger partial charge in [-0.05, 0) is 18.6 Å². The highest BCUT2D eigenvalue weighted by atomic mass is 19.4. The van der Waals surface area contributed by atoms with Crippen LogP contribution in [0, 0.1) is 0 Å². The Kier molecular flexibility index (Phi) is 3.57. The molecule has 0 aliphatic carbocycles. The molecule has 1 unspecified atom stereocenters. The molecule has 0 aliphatic heterocycles. The molecule has 19 heavy (non-hydrogen) atoms. The zero-order valence-electron chi connectivity index (χ0n) is 10.1. The zero-order chi connectivity index (χ0) is 14.0.